The highest BCUT2D eigenvalue weighted by Crippen LogP contribution is 2.18. The molecule has 1 aromatic rings. The molecule has 92 valence electrons. The third-order valence-corrected chi connectivity index (χ3v) is 2.93. The number of nitrogens with one attached hydrogen (secondary N) is 1. The highest BCUT2D eigenvalue weighted by molar-refractivity contribution is 6.35. The molecule has 3 heteroatoms. The van der Waals surface area contributed by atoms with Gasteiger partial charge in [0.05, 0.1) is 0 Å². The third-order valence-electron chi connectivity index (χ3n) is 2.93. The van der Waals surface area contributed by atoms with E-state index >= 15 is 0 Å². The number of hydrogen-bond donors (Lipinski definition) is 1. The van der Waals surface area contributed by atoms with Crippen molar-refractivity contribution in [1.29, 1.82) is 0 Å². The first-order valence-corrected chi connectivity index (χ1v) is 5.92. The summed E-state index contributed by atoms with van der Waals surface area (Å²) in [4.78, 5) is 21.8. The molecule has 0 spiro atoms. The molecule has 0 radical (unpaired) electrons. The maximum absolute atomic E-state index is 11.1. The van der Waals surface area contributed by atoms with Crippen LogP contribution >= 0.6 is 0 Å². The number of amides is 1. The highest BCUT2D eigenvalue weighted by atomic mass is 16.2. The summed E-state index contributed by atoms with van der Waals surface area (Å²) in [5.41, 5.74) is 2.31. The van der Waals surface area contributed by atoms with Gasteiger partial charge in [-0.2, -0.15) is 0 Å². The Bertz CT molecular complexity index is 395. The minimum absolute atomic E-state index is 0.402. The van der Waals surface area contributed by atoms with Crippen molar-refractivity contribution in [3.8, 4) is 0 Å². The normalized spacial score (nSPS) is 11.9. The number of ketones is 1. The van der Waals surface area contributed by atoms with Crippen LogP contribution in [0.3, 0.4) is 0 Å². The van der Waals surface area contributed by atoms with E-state index in [1.807, 2.05) is 12.1 Å². The van der Waals surface area contributed by atoms with Gasteiger partial charge in [0.1, 0.15) is 0 Å². The largest absolute Gasteiger partial charge is 0.345 e. The summed E-state index contributed by atoms with van der Waals surface area (Å²) in [5, 5.41) is 2.57. The van der Waals surface area contributed by atoms with E-state index in [-0.39, 0.29) is 0 Å². The number of hydrogen-bond acceptors (Lipinski definition) is 2. The van der Waals surface area contributed by atoms with Gasteiger partial charge in [-0.3, -0.25) is 9.59 Å². The van der Waals surface area contributed by atoms with Crippen LogP contribution in [-0.2, 0) is 16.1 Å². The molecule has 1 amide bonds. The summed E-state index contributed by atoms with van der Waals surface area (Å²) in [5.74, 6) is -0.437. The van der Waals surface area contributed by atoms with Gasteiger partial charge in [0.15, 0.2) is 0 Å². The van der Waals surface area contributed by atoms with Crippen molar-refractivity contribution >= 4 is 11.7 Å². The molecule has 1 N–H and O–H groups in total. The molecule has 0 aliphatic rings. The van der Waals surface area contributed by atoms with Gasteiger partial charge in [-0.05, 0) is 23.5 Å². The Labute approximate surface area is 102 Å². The summed E-state index contributed by atoms with van der Waals surface area (Å²) in [6.07, 6.45) is 1.11. The van der Waals surface area contributed by atoms with Crippen LogP contribution in [-0.4, -0.2) is 11.7 Å². The molecule has 0 bridgehead atoms. The Kier molecular flexibility index (Phi) is 4.88. The summed E-state index contributed by atoms with van der Waals surface area (Å²) < 4.78 is 0. The minimum atomic E-state index is -0.531. The molecule has 1 atom stereocenters. The lowest BCUT2D eigenvalue weighted by Gasteiger charge is -2.10. The fraction of sp³-hybridized carbons (Fsp3) is 0.429. The van der Waals surface area contributed by atoms with Crippen molar-refractivity contribution in [3.63, 3.8) is 0 Å². The second-order valence-electron chi connectivity index (χ2n) is 4.29. The second kappa shape index (κ2) is 6.18. The summed E-state index contributed by atoms with van der Waals surface area (Å²) in [6, 6.07) is 8.12. The Morgan fingerprint density at radius 2 is 1.82 bits per heavy atom. The van der Waals surface area contributed by atoms with Crippen LogP contribution < -0.4 is 5.32 Å². The molecular formula is C14H19NO2. The fourth-order valence-electron chi connectivity index (χ4n) is 1.51. The molecule has 1 aromatic carbocycles. The zero-order chi connectivity index (χ0) is 12.8. The standard InChI is InChI=1S/C14H19NO2/c1-4-10(2)13-7-5-12(6-8-13)9-15-14(17)11(3)16/h5-8,10H,4,9H2,1-3H3,(H,15,17). The molecule has 3 nitrogen and oxygen atoms in total. The lowest BCUT2D eigenvalue weighted by Crippen LogP contribution is -2.28. The zero-order valence-corrected chi connectivity index (χ0v) is 10.6. The predicted molar refractivity (Wildman–Crippen MR) is 67.7 cm³/mol. The van der Waals surface area contributed by atoms with Crippen LogP contribution in [0.15, 0.2) is 24.3 Å². The number of carbonyl (C=O) groups is 2. The first-order chi connectivity index (χ1) is 8.04. The molecule has 0 fully saturated rings. The monoisotopic (exact) mass is 233 g/mol. The Morgan fingerprint density at radius 1 is 1.24 bits per heavy atom. The maximum atomic E-state index is 11.1. The van der Waals surface area contributed by atoms with Crippen molar-refractivity contribution in [3.05, 3.63) is 35.4 Å². The van der Waals surface area contributed by atoms with Gasteiger partial charge in [-0.1, -0.05) is 38.1 Å². The molecule has 0 aromatic heterocycles. The topological polar surface area (TPSA) is 46.2 Å². The SMILES string of the molecule is CCC(C)c1ccc(CNC(=O)C(C)=O)cc1. The number of carbonyl (C=O) groups excluding carboxylic acids is 2. The lowest BCUT2D eigenvalue weighted by molar-refractivity contribution is -0.136. The number of benzene rings is 1. The van der Waals surface area contributed by atoms with Crippen LogP contribution in [0, 0.1) is 0 Å². The Balaban J connectivity index is 2.57. The molecule has 17 heavy (non-hydrogen) atoms. The first-order valence-electron chi connectivity index (χ1n) is 5.92. The number of rotatable bonds is 5. The smallest absolute Gasteiger partial charge is 0.287 e. The van der Waals surface area contributed by atoms with Gasteiger partial charge in [0.25, 0.3) is 5.91 Å². The van der Waals surface area contributed by atoms with Crippen LogP contribution in [0.25, 0.3) is 0 Å². The summed E-state index contributed by atoms with van der Waals surface area (Å²) >= 11 is 0. The van der Waals surface area contributed by atoms with E-state index in [2.05, 4.69) is 31.3 Å². The van der Waals surface area contributed by atoms with E-state index in [1.54, 1.807) is 0 Å². The first kappa shape index (κ1) is 13.4. The lowest BCUT2D eigenvalue weighted by atomic mass is 9.98. The molecular weight excluding hydrogens is 214 g/mol. The van der Waals surface area contributed by atoms with Gasteiger partial charge in [-0.15, -0.1) is 0 Å². The van der Waals surface area contributed by atoms with Crippen molar-refractivity contribution in [2.24, 2.45) is 0 Å². The van der Waals surface area contributed by atoms with E-state index in [0.717, 1.165) is 12.0 Å². The van der Waals surface area contributed by atoms with Crippen molar-refractivity contribution in [2.75, 3.05) is 0 Å². The zero-order valence-electron chi connectivity index (χ0n) is 10.6. The fourth-order valence-corrected chi connectivity index (χ4v) is 1.51. The van der Waals surface area contributed by atoms with Crippen LogP contribution in [0.2, 0.25) is 0 Å². The molecule has 1 unspecified atom stereocenters. The van der Waals surface area contributed by atoms with Crippen molar-refractivity contribution < 1.29 is 9.59 Å². The summed E-state index contributed by atoms with van der Waals surface area (Å²) in [6.45, 7) is 6.01. The summed E-state index contributed by atoms with van der Waals surface area (Å²) in [7, 11) is 0. The van der Waals surface area contributed by atoms with Gasteiger partial charge in [0.2, 0.25) is 5.78 Å². The predicted octanol–water partition coefficient (Wildman–Crippen LogP) is 2.41. The third kappa shape index (κ3) is 4.02. The molecule has 0 aliphatic carbocycles. The van der Waals surface area contributed by atoms with Crippen LogP contribution in [0.4, 0.5) is 0 Å². The molecule has 0 saturated heterocycles. The Hall–Kier alpha value is -1.64. The van der Waals surface area contributed by atoms with Crippen molar-refractivity contribution in [1.82, 2.24) is 5.32 Å². The second-order valence-corrected chi connectivity index (χ2v) is 4.29. The highest BCUT2D eigenvalue weighted by Gasteiger charge is 2.06. The maximum Gasteiger partial charge on any atom is 0.287 e. The van der Waals surface area contributed by atoms with E-state index in [9.17, 15) is 9.59 Å². The van der Waals surface area contributed by atoms with Gasteiger partial charge >= 0.3 is 0 Å². The average Bonchev–Trinajstić information content (AvgIpc) is 2.35. The molecule has 0 aliphatic heterocycles. The van der Waals surface area contributed by atoms with Crippen LogP contribution in [0.1, 0.15) is 44.2 Å². The average molecular weight is 233 g/mol. The number of Topliss-reactive ketones (excluding diaryl/α,β-unsaturated/α-hetero) is 1. The molecule has 1 rings (SSSR count). The van der Waals surface area contributed by atoms with E-state index in [1.165, 1.54) is 12.5 Å². The van der Waals surface area contributed by atoms with E-state index in [4.69, 9.17) is 0 Å². The van der Waals surface area contributed by atoms with Gasteiger partial charge in [0, 0.05) is 13.5 Å². The van der Waals surface area contributed by atoms with E-state index in [0.29, 0.717) is 12.5 Å². The molecule has 0 heterocycles. The van der Waals surface area contributed by atoms with Crippen molar-refractivity contribution in [2.45, 2.75) is 39.7 Å². The molecule has 0 saturated carbocycles. The van der Waals surface area contributed by atoms with E-state index < -0.39 is 11.7 Å². The minimum Gasteiger partial charge on any atom is -0.345 e. The van der Waals surface area contributed by atoms with Gasteiger partial charge < -0.3 is 5.32 Å². The van der Waals surface area contributed by atoms with Crippen LogP contribution in [0.5, 0.6) is 0 Å². The van der Waals surface area contributed by atoms with Gasteiger partial charge in [-0.25, -0.2) is 0 Å². The Morgan fingerprint density at radius 3 is 2.29 bits per heavy atom. The quantitative estimate of drug-likeness (QED) is 0.794.